The molecule has 0 aliphatic heterocycles. The number of ether oxygens (including phenoxy) is 3. The zero-order chi connectivity index (χ0) is 21.1. The standard InChI is InChI=1S/C19H34B2O6/c1-8-10-11-27-15(22)14(20-13-18(3,4)16(23)25-6)12-21-19(5,9-2)17(24)26-7/h14H,8-13H2,1-7H3. The van der Waals surface area contributed by atoms with E-state index in [9.17, 15) is 14.4 Å². The highest BCUT2D eigenvalue weighted by atomic mass is 16.5. The molecule has 0 aromatic rings. The van der Waals surface area contributed by atoms with Gasteiger partial charge < -0.3 is 14.2 Å². The van der Waals surface area contributed by atoms with E-state index in [0.29, 0.717) is 25.7 Å². The van der Waals surface area contributed by atoms with Gasteiger partial charge in [-0.2, -0.15) is 0 Å². The molecule has 0 aliphatic carbocycles. The molecule has 0 fully saturated rings. The van der Waals surface area contributed by atoms with Crippen LogP contribution in [-0.4, -0.2) is 53.3 Å². The predicted molar refractivity (Wildman–Crippen MR) is 107 cm³/mol. The molecular weight excluding hydrogens is 346 g/mol. The summed E-state index contributed by atoms with van der Waals surface area (Å²) in [5, 5.41) is -0.775. The highest BCUT2D eigenvalue weighted by molar-refractivity contribution is 6.52. The normalized spacial score (nSPS) is 14.5. The monoisotopic (exact) mass is 380 g/mol. The summed E-state index contributed by atoms with van der Waals surface area (Å²) in [4.78, 5) is 36.5. The Bertz CT molecular complexity index is 495. The first-order valence-corrected chi connectivity index (χ1v) is 9.59. The molecular formula is C19H34B2O6. The van der Waals surface area contributed by atoms with Gasteiger partial charge in [-0.3, -0.25) is 14.4 Å². The number of unbranched alkanes of at least 4 members (excludes halogenated alkanes) is 1. The van der Waals surface area contributed by atoms with Gasteiger partial charge in [0.05, 0.1) is 26.2 Å². The van der Waals surface area contributed by atoms with E-state index in [2.05, 4.69) is 0 Å². The Labute approximate surface area is 165 Å². The van der Waals surface area contributed by atoms with Crippen molar-refractivity contribution in [3.05, 3.63) is 0 Å². The van der Waals surface area contributed by atoms with Crippen LogP contribution in [0.1, 0.15) is 53.9 Å². The molecule has 2 atom stereocenters. The van der Waals surface area contributed by atoms with E-state index in [1.54, 1.807) is 28.1 Å². The largest absolute Gasteiger partial charge is 0.469 e. The van der Waals surface area contributed by atoms with Gasteiger partial charge >= 0.3 is 11.9 Å². The van der Waals surface area contributed by atoms with Crippen LogP contribution in [0.15, 0.2) is 0 Å². The van der Waals surface area contributed by atoms with Gasteiger partial charge in [0.25, 0.3) is 5.97 Å². The summed E-state index contributed by atoms with van der Waals surface area (Å²) >= 11 is 0. The van der Waals surface area contributed by atoms with Crippen molar-refractivity contribution in [3.8, 4) is 0 Å². The van der Waals surface area contributed by atoms with Crippen molar-refractivity contribution in [1.29, 1.82) is 0 Å². The van der Waals surface area contributed by atoms with Crippen LogP contribution in [0.4, 0.5) is 0 Å². The molecule has 0 aromatic carbocycles. The van der Waals surface area contributed by atoms with Crippen LogP contribution in [0.3, 0.4) is 0 Å². The number of hydrogen-bond acceptors (Lipinski definition) is 6. The summed E-state index contributed by atoms with van der Waals surface area (Å²) in [5.41, 5.74) is -0.743. The maximum atomic E-state index is 12.5. The Hall–Kier alpha value is -1.46. The molecule has 0 bridgehead atoms. The Morgan fingerprint density at radius 3 is 2.07 bits per heavy atom. The van der Waals surface area contributed by atoms with E-state index in [1.807, 2.05) is 21.1 Å². The predicted octanol–water partition coefficient (Wildman–Crippen LogP) is 3.32. The third-order valence-electron chi connectivity index (χ3n) is 4.90. The van der Waals surface area contributed by atoms with Gasteiger partial charge in [0.15, 0.2) is 0 Å². The molecule has 0 rings (SSSR count). The van der Waals surface area contributed by atoms with Crippen LogP contribution in [0, 0.1) is 5.41 Å². The number of esters is 3. The second kappa shape index (κ2) is 12.1. The van der Waals surface area contributed by atoms with Crippen LogP contribution in [-0.2, 0) is 28.6 Å². The van der Waals surface area contributed by atoms with Crippen molar-refractivity contribution in [2.24, 2.45) is 5.41 Å². The third-order valence-corrected chi connectivity index (χ3v) is 4.90. The van der Waals surface area contributed by atoms with Crippen LogP contribution in [0.5, 0.6) is 0 Å². The topological polar surface area (TPSA) is 78.9 Å². The Balaban J connectivity index is 5.10. The molecule has 0 spiro atoms. The summed E-state index contributed by atoms with van der Waals surface area (Å²) in [6.45, 7) is 9.60. The lowest BCUT2D eigenvalue weighted by Gasteiger charge is -2.27. The first-order chi connectivity index (χ1) is 12.6. The second-order valence-electron chi connectivity index (χ2n) is 7.65. The van der Waals surface area contributed by atoms with E-state index >= 15 is 0 Å². The molecule has 2 unspecified atom stereocenters. The highest BCUT2D eigenvalue weighted by Gasteiger charge is 2.37. The number of hydrogen-bond donors (Lipinski definition) is 0. The maximum Gasteiger partial charge on any atom is 0.310 e. The molecule has 0 N–H and O–H groups in total. The van der Waals surface area contributed by atoms with Crippen LogP contribution in [0.2, 0.25) is 23.8 Å². The van der Waals surface area contributed by atoms with Crippen LogP contribution >= 0.6 is 0 Å². The number of methoxy groups -OCH3 is 2. The van der Waals surface area contributed by atoms with Gasteiger partial charge in [-0.05, 0) is 12.8 Å². The first kappa shape index (κ1) is 25.5. The lowest BCUT2D eigenvalue weighted by molar-refractivity contribution is -0.150. The molecule has 0 amide bonds. The van der Waals surface area contributed by atoms with Crippen molar-refractivity contribution in [2.45, 2.75) is 77.7 Å². The number of carbonyl (C=O) groups is 3. The summed E-state index contributed by atoms with van der Waals surface area (Å²) in [6.07, 6.45) is 2.98. The average Bonchev–Trinajstić information content (AvgIpc) is 2.66. The fourth-order valence-corrected chi connectivity index (χ4v) is 2.50. The SMILES string of the molecule is CCCCOC(=O)C([B]CC(C)(C)C(=O)OC)C[B]C(C)(CC)C(=O)OC. The van der Waals surface area contributed by atoms with Crippen LogP contribution in [0.25, 0.3) is 0 Å². The van der Waals surface area contributed by atoms with E-state index < -0.39 is 16.5 Å². The molecule has 2 radical (unpaired) electrons. The number of carbonyl (C=O) groups excluding carboxylic acids is 3. The van der Waals surface area contributed by atoms with Crippen molar-refractivity contribution in [3.63, 3.8) is 0 Å². The molecule has 6 nitrogen and oxygen atoms in total. The van der Waals surface area contributed by atoms with Crippen LogP contribution < -0.4 is 0 Å². The molecule has 0 saturated heterocycles. The van der Waals surface area contributed by atoms with Gasteiger partial charge in [-0.25, -0.2) is 0 Å². The van der Waals surface area contributed by atoms with E-state index in [1.165, 1.54) is 14.2 Å². The summed E-state index contributed by atoms with van der Waals surface area (Å²) in [6, 6.07) is 0. The minimum Gasteiger partial charge on any atom is -0.469 e. The Morgan fingerprint density at radius 1 is 1.00 bits per heavy atom. The van der Waals surface area contributed by atoms with Gasteiger partial charge in [0, 0.05) is 11.1 Å². The first-order valence-electron chi connectivity index (χ1n) is 9.59. The van der Waals surface area contributed by atoms with Gasteiger partial charge in [0.1, 0.15) is 14.6 Å². The Morgan fingerprint density at radius 2 is 1.59 bits per heavy atom. The molecule has 8 heteroatoms. The second-order valence-corrected chi connectivity index (χ2v) is 7.65. The van der Waals surface area contributed by atoms with E-state index in [-0.39, 0.29) is 17.9 Å². The van der Waals surface area contributed by atoms with Crippen molar-refractivity contribution in [2.75, 3.05) is 20.8 Å². The third kappa shape index (κ3) is 8.39. The molecule has 152 valence electrons. The molecule has 0 aromatic heterocycles. The summed E-state index contributed by atoms with van der Waals surface area (Å²) in [5.74, 6) is -1.56. The lowest BCUT2D eigenvalue weighted by Crippen LogP contribution is -2.33. The van der Waals surface area contributed by atoms with Crippen molar-refractivity contribution < 1.29 is 28.6 Å². The van der Waals surface area contributed by atoms with E-state index in [0.717, 1.165) is 12.8 Å². The quantitative estimate of drug-likeness (QED) is 0.211. The average molecular weight is 380 g/mol. The maximum absolute atomic E-state index is 12.5. The molecule has 0 aliphatic rings. The minimum absolute atomic E-state index is 0.335. The zero-order valence-corrected chi connectivity index (χ0v) is 17.9. The van der Waals surface area contributed by atoms with Gasteiger partial charge in [-0.1, -0.05) is 53.7 Å². The van der Waals surface area contributed by atoms with E-state index in [4.69, 9.17) is 14.2 Å². The smallest absolute Gasteiger partial charge is 0.310 e. The van der Waals surface area contributed by atoms with Gasteiger partial charge in [0.2, 0.25) is 0 Å². The summed E-state index contributed by atoms with van der Waals surface area (Å²) < 4.78 is 15.1. The molecule has 27 heavy (non-hydrogen) atoms. The Kier molecular flexibility index (Phi) is 11.4. The summed E-state index contributed by atoms with van der Waals surface area (Å²) in [7, 11) is 6.30. The molecule has 0 heterocycles. The zero-order valence-electron chi connectivity index (χ0n) is 17.9. The van der Waals surface area contributed by atoms with Crippen molar-refractivity contribution >= 4 is 32.5 Å². The number of rotatable bonds is 13. The fourth-order valence-electron chi connectivity index (χ4n) is 2.50. The highest BCUT2D eigenvalue weighted by Crippen LogP contribution is 2.34. The van der Waals surface area contributed by atoms with Crippen molar-refractivity contribution in [1.82, 2.24) is 0 Å². The lowest BCUT2D eigenvalue weighted by atomic mass is 9.42. The fraction of sp³-hybridized carbons (Fsp3) is 0.842. The molecule has 0 saturated carbocycles. The van der Waals surface area contributed by atoms with Gasteiger partial charge in [-0.15, -0.1) is 0 Å². The minimum atomic E-state index is -0.775.